The summed E-state index contributed by atoms with van der Waals surface area (Å²) in [6, 6.07) is 8.66. The van der Waals surface area contributed by atoms with Crippen LogP contribution in [0.15, 0.2) is 24.3 Å². The molecule has 0 aliphatic rings. The van der Waals surface area contributed by atoms with Gasteiger partial charge < -0.3 is 10.2 Å². The minimum absolute atomic E-state index is 1.07. The van der Waals surface area contributed by atoms with Crippen molar-refractivity contribution < 1.29 is 0 Å². The molecule has 0 aliphatic heterocycles. The van der Waals surface area contributed by atoms with Gasteiger partial charge in [-0.3, -0.25) is 0 Å². The summed E-state index contributed by atoms with van der Waals surface area (Å²) in [6.07, 6.45) is 3.90. The Labute approximate surface area is 106 Å². The maximum Gasteiger partial charge on any atom is 0.0233 e. The van der Waals surface area contributed by atoms with Crippen molar-refractivity contribution in [3.8, 4) is 0 Å². The predicted octanol–water partition coefficient (Wildman–Crippen LogP) is 2.82. The van der Waals surface area contributed by atoms with Crippen LogP contribution in [0.4, 0.5) is 0 Å². The minimum Gasteiger partial charge on any atom is -0.320 e. The molecule has 0 aliphatic carbocycles. The van der Waals surface area contributed by atoms with Gasteiger partial charge in [0.1, 0.15) is 0 Å². The van der Waals surface area contributed by atoms with Crippen molar-refractivity contribution >= 4 is 0 Å². The lowest BCUT2D eigenvalue weighted by Crippen LogP contribution is -2.20. The van der Waals surface area contributed by atoms with Crippen LogP contribution < -0.4 is 5.32 Å². The smallest absolute Gasteiger partial charge is 0.0233 e. The topological polar surface area (TPSA) is 15.3 Å². The second-order valence-electron chi connectivity index (χ2n) is 4.83. The number of rotatable bonds is 8. The molecule has 0 fully saturated rings. The van der Waals surface area contributed by atoms with Crippen molar-refractivity contribution in [2.75, 3.05) is 27.2 Å². The van der Waals surface area contributed by atoms with Gasteiger partial charge in [-0.25, -0.2) is 0 Å². The van der Waals surface area contributed by atoms with Crippen LogP contribution in [0.25, 0.3) is 0 Å². The van der Waals surface area contributed by atoms with E-state index >= 15 is 0 Å². The molecule has 0 bridgehead atoms. The van der Waals surface area contributed by atoms with E-state index in [4.69, 9.17) is 0 Å². The van der Waals surface area contributed by atoms with E-state index < -0.39 is 0 Å². The summed E-state index contributed by atoms with van der Waals surface area (Å²) < 4.78 is 0. The van der Waals surface area contributed by atoms with Crippen LogP contribution in [-0.2, 0) is 6.54 Å². The Balaban J connectivity index is 2.21. The monoisotopic (exact) mass is 234 g/mol. The van der Waals surface area contributed by atoms with Gasteiger partial charge in [0.15, 0.2) is 0 Å². The molecule has 2 nitrogen and oxygen atoms in total. The fraction of sp³-hybridized carbons (Fsp3) is 0.600. The molecule has 0 heterocycles. The van der Waals surface area contributed by atoms with Crippen molar-refractivity contribution in [1.82, 2.24) is 10.2 Å². The van der Waals surface area contributed by atoms with E-state index in [1.165, 1.54) is 36.9 Å². The lowest BCUT2D eigenvalue weighted by molar-refractivity contribution is 0.316. The Hall–Kier alpha value is -0.860. The van der Waals surface area contributed by atoms with Crippen LogP contribution in [0, 0.1) is 6.92 Å². The predicted molar refractivity (Wildman–Crippen MR) is 75.3 cm³/mol. The third-order valence-corrected chi connectivity index (χ3v) is 3.17. The highest BCUT2D eigenvalue weighted by atomic mass is 15.1. The first-order valence-electron chi connectivity index (χ1n) is 6.61. The molecule has 0 unspecified atom stereocenters. The molecule has 0 atom stereocenters. The molecular formula is C15H26N2. The highest BCUT2D eigenvalue weighted by molar-refractivity contribution is 5.25. The molecule has 1 N–H and O–H groups in total. The van der Waals surface area contributed by atoms with E-state index in [-0.39, 0.29) is 0 Å². The second kappa shape index (κ2) is 8.26. The molecule has 1 aromatic carbocycles. The van der Waals surface area contributed by atoms with Gasteiger partial charge in [0.2, 0.25) is 0 Å². The van der Waals surface area contributed by atoms with Gasteiger partial charge in [-0.2, -0.15) is 0 Å². The van der Waals surface area contributed by atoms with Crippen LogP contribution in [0.2, 0.25) is 0 Å². The average Bonchev–Trinajstić information content (AvgIpc) is 2.32. The Bertz CT molecular complexity index is 310. The van der Waals surface area contributed by atoms with E-state index in [9.17, 15) is 0 Å². The Morgan fingerprint density at radius 1 is 1.12 bits per heavy atom. The summed E-state index contributed by atoms with van der Waals surface area (Å²) in [7, 11) is 4.23. The van der Waals surface area contributed by atoms with Crippen molar-refractivity contribution in [2.24, 2.45) is 0 Å². The summed E-state index contributed by atoms with van der Waals surface area (Å²) in [4.78, 5) is 2.42. The quantitative estimate of drug-likeness (QED) is 0.696. The van der Waals surface area contributed by atoms with Gasteiger partial charge in [0, 0.05) is 6.54 Å². The Morgan fingerprint density at radius 3 is 2.59 bits per heavy atom. The summed E-state index contributed by atoms with van der Waals surface area (Å²) in [6.45, 7) is 5.59. The van der Waals surface area contributed by atoms with Crippen molar-refractivity contribution in [2.45, 2.75) is 32.7 Å². The average molecular weight is 234 g/mol. The lowest BCUT2D eigenvalue weighted by atomic mass is 10.1. The lowest BCUT2D eigenvalue weighted by Gasteiger charge is -2.17. The van der Waals surface area contributed by atoms with Crippen LogP contribution in [-0.4, -0.2) is 32.1 Å². The first-order chi connectivity index (χ1) is 8.24. The SMILES string of the molecule is CNCCCCCN(C)Cc1ccccc1C. The maximum atomic E-state index is 3.19. The van der Waals surface area contributed by atoms with Crippen LogP contribution >= 0.6 is 0 Å². The largest absolute Gasteiger partial charge is 0.320 e. The second-order valence-corrected chi connectivity index (χ2v) is 4.83. The van der Waals surface area contributed by atoms with Crippen LogP contribution in [0.5, 0.6) is 0 Å². The number of aryl methyl sites for hydroxylation is 1. The summed E-state index contributed by atoms with van der Waals surface area (Å²) in [5, 5.41) is 3.19. The molecule has 0 radical (unpaired) electrons. The number of nitrogens with one attached hydrogen (secondary N) is 1. The maximum absolute atomic E-state index is 3.19. The van der Waals surface area contributed by atoms with E-state index in [2.05, 4.69) is 48.5 Å². The van der Waals surface area contributed by atoms with E-state index in [0.717, 1.165) is 13.1 Å². The van der Waals surface area contributed by atoms with E-state index in [0.29, 0.717) is 0 Å². The summed E-state index contributed by atoms with van der Waals surface area (Å²) in [5.74, 6) is 0. The fourth-order valence-corrected chi connectivity index (χ4v) is 2.02. The third-order valence-electron chi connectivity index (χ3n) is 3.17. The standard InChI is InChI=1S/C15H26N2/c1-14-9-5-6-10-15(14)13-17(3)12-8-4-7-11-16-2/h5-6,9-10,16H,4,7-8,11-13H2,1-3H3. The van der Waals surface area contributed by atoms with Crippen molar-refractivity contribution in [3.63, 3.8) is 0 Å². The van der Waals surface area contributed by atoms with Gasteiger partial charge in [-0.15, -0.1) is 0 Å². The zero-order valence-electron chi connectivity index (χ0n) is 11.5. The Morgan fingerprint density at radius 2 is 1.88 bits per heavy atom. The number of benzene rings is 1. The summed E-state index contributed by atoms with van der Waals surface area (Å²) >= 11 is 0. The van der Waals surface area contributed by atoms with Gasteiger partial charge in [0.25, 0.3) is 0 Å². The zero-order chi connectivity index (χ0) is 12.5. The molecule has 96 valence electrons. The van der Waals surface area contributed by atoms with Crippen LogP contribution in [0.1, 0.15) is 30.4 Å². The minimum atomic E-state index is 1.07. The molecule has 0 spiro atoms. The van der Waals surface area contributed by atoms with Gasteiger partial charge in [0.05, 0.1) is 0 Å². The van der Waals surface area contributed by atoms with E-state index in [1.54, 1.807) is 0 Å². The van der Waals surface area contributed by atoms with Gasteiger partial charge in [-0.1, -0.05) is 30.7 Å². The number of unbranched alkanes of at least 4 members (excludes halogenated alkanes) is 2. The summed E-state index contributed by atoms with van der Waals surface area (Å²) in [5.41, 5.74) is 2.85. The highest BCUT2D eigenvalue weighted by Gasteiger charge is 2.02. The van der Waals surface area contributed by atoms with Crippen molar-refractivity contribution in [1.29, 1.82) is 0 Å². The van der Waals surface area contributed by atoms with Crippen LogP contribution in [0.3, 0.4) is 0 Å². The molecule has 17 heavy (non-hydrogen) atoms. The normalized spacial score (nSPS) is 11.1. The molecule has 0 saturated carbocycles. The molecule has 0 amide bonds. The number of hydrogen-bond acceptors (Lipinski definition) is 2. The van der Waals surface area contributed by atoms with Gasteiger partial charge in [-0.05, 0) is 58.1 Å². The number of hydrogen-bond donors (Lipinski definition) is 1. The molecule has 1 rings (SSSR count). The Kier molecular flexibility index (Phi) is 6.90. The zero-order valence-corrected chi connectivity index (χ0v) is 11.5. The molecule has 1 aromatic rings. The van der Waals surface area contributed by atoms with Gasteiger partial charge >= 0.3 is 0 Å². The fourth-order valence-electron chi connectivity index (χ4n) is 2.02. The molecular weight excluding hydrogens is 208 g/mol. The first-order valence-corrected chi connectivity index (χ1v) is 6.61. The van der Waals surface area contributed by atoms with E-state index in [1.807, 2.05) is 7.05 Å². The number of nitrogens with zero attached hydrogens (tertiary/aromatic N) is 1. The van der Waals surface area contributed by atoms with Crippen molar-refractivity contribution in [3.05, 3.63) is 35.4 Å². The molecule has 0 aromatic heterocycles. The highest BCUT2D eigenvalue weighted by Crippen LogP contribution is 2.10. The molecule has 2 heteroatoms. The molecule has 0 saturated heterocycles. The third kappa shape index (κ3) is 5.85. The first kappa shape index (κ1) is 14.2.